The molecule has 138 valence electrons. The molecule has 0 atom stereocenters. The van der Waals surface area contributed by atoms with Crippen LogP contribution in [0, 0.1) is 17.5 Å². The Bertz CT molecular complexity index is 1120. The molecule has 1 aliphatic heterocycles. The van der Waals surface area contributed by atoms with Crippen LogP contribution >= 0.6 is 0 Å². The molecule has 1 aromatic heterocycles. The number of hydrogen-bond donors (Lipinski definition) is 0. The fraction of sp³-hybridized carbons (Fsp3) is 0.222. The molecule has 0 saturated heterocycles. The number of fused-ring (bicyclic) bond motifs is 2. The Morgan fingerprint density at radius 1 is 0.926 bits per heavy atom. The molecule has 4 rings (SSSR count). The minimum absolute atomic E-state index is 0.0135. The van der Waals surface area contributed by atoms with Crippen molar-refractivity contribution in [3.05, 3.63) is 64.7 Å². The number of rotatable bonds is 1. The number of halogens is 5. The van der Waals surface area contributed by atoms with E-state index in [1.54, 1.807) is 0 Å². The third-order valence-electron chi connectivity index (χ3n) is 4.47. The smallest absolute Gasteiger partial charge is 0.268 e. The van der Waals surface area contributed by atoms with Gasteiger partial charge in [-0.15, -0.1) is 10.2 Å². The van der Waals surface area contributed by atoms with Crippen LogP contribution in [0.4, 0.5) is 22.0 Å². The average Bonchev–Trinajstić information content (AvgIpc) is 2.62. The molecule has 0 N–H and O–H groups in total. The summed E-state index contributed by atoms with van der Waals surface area (Å²) in [5, 5.41) is 7.35. The summed E-state index contributed by atoms with van der Waals surface area (Å²) in [4.78, 5) is 8.15. The molecule has 1 aliphatic rings. The minimum atomic E-state index is -3.44. The Hall–Kier alpha value is -2.97. The van der Waals surface area contributed by atoms with Crippen molar-refractivity contribution in [3.63, 3.8) is 0 Å². The molecule has 4 nitrogen and oxygen atoms in total. The van der Waals surface area contributed by atoms with E-state index in [4.69, 9.17) is 0 Å². The summed E-state index contributed by atoms with van der Waals surface area (Å²) in [5.74, 6) is -6.72. The Morgan fingerprint density at radius 2 is 1.67 bits per heavy atom. The van der Waals surface area contributed by atoms with E-state index in [0.29, 0.717) is 0 Å². The number of nitrogens with zero attached hydrogens (tertiary/aromatic N) is 4. The number of hydrogen-bond acceptors (Lipinski definition) is 4. The third kappa shape index (κ3) is 2.48. The van der Waals surface area contributed by atoms with Crippen molar-refractivity contribution in [1.29, 1.82) is 0 Å². The van der Waals surface area contributed by atoms with Crippen LogP contribution in [0.3, 0.4) is 0 Å². The van der Waals surface area contributed by atoms with Crippen LogP contribution in [0.25, 0.3) is 11.0 Å². The first-order valence-electron chi connectivity index (χ1n) is 7.89. The van der Waals surface area contributed by atoms with Gasteiger partial charge in [0, 0.05) is 11.1 Å². The molecule has 0 aliphatic carbocycles. The van der Waals surface area contributed by atoms with Crippen LogP contribution in [-0.2, 0) is 5.92 Å². The maximum atomic E-state index is 14.8. The van der Waals surface area contributed by atoms with Gasteiger partial charge in [-0.3, -0.25) is 4.99 Å². The lowest BCUT2D eigenvalue weighted by molar-refractivity contribution is -0.0684. The topological polar surface area (TPSA) is 51.0 Å². The highest BCUT2D eigenvalue weighted by molar-refractivity contribution is 6.13. The first-order valence-corrected chi connectivity index (χ1v) is 7.89. The summed E-state index contributed by atoms with van der Waals surface area (Å²) in [6.07, 6.45) is 0. The van der Waals surface area contributed by atoms with Crippen LogP contribution in [-0.4, -0.2) is 26.4 Å². The van der Waals surface area contributed by atoms with E-state index in [9.17, 15) is 22.0 Å². The molecule has 2 aromatic carbocycles. The van der Waals surface area contributed by atoms with E-state index in [1.807, 2.05) is 0 Å². The molecule has 0 spiro atoms. The molecule has 27 heavy (non-hydrogen) atoms. The van der Waals surface area contributed by atoms with Gasteiger partial charge in [-0.2, -0.15) is 8.78 Å². The Balaban J connectivity index is 1.97. The molecule has 0 saturated carbocycles. The summed E-state index contributed by atoms with van der Waals surface area (Å²) in [6.45, 7) is 2.40. The van der Waals surface area contributed by atoms with E-state index in [1.165, 1.54) is 19.9 Å². The maximum absolute atomic E-state index is 14.8. The lowest BCUT2D eigenvalue weighted by atomic mass is 9.83. The molecule has 0 unspecified atom stereocenters. The monoisotopic (exact) mass is 378 g/mol. The highest BCUT2D eigenvalue weighted by Gasteiger charge is 2.53. The van der Waals surface area contributed by atoms with E-state index in [2.05, 4.69) is 20.2 Å². The first-order chi connectivity index (χ1) is 12.6. The fourth-order valence-corrected chi connectivity index (χ4v) is 2.94. The number of alkyl halides is 2. The largest absolute Gasteiger partial charge is 0.298 e. The second-order valence-electron chi connectivity index (χ2n) is 6.65. The maximum Gasteiger partial charge on any atom is 0.298 e. The molecule has 9 heteroatoms. The summed E-state index contributed by atoms with van der Waals surface area (Å²) in [6, 6.07) is 4.99. The molecular weight excluding hydrogens is 367 g/mol. The summed E-state index contributed by atoms with van der Waals surface area (Å²) < 4.78 is 70.3. The highest BCUT2D eigenvalue weighted by Crippen LogP contribution is 2.46. The highest BCUT2D eigenvalue weighted by atomic mass is 19.3. The van der Waals surface area contributed by atoms with E-state index in [-0.39, 0.29) is 28.1 Å². The van der Waals surface area contributed by atoms with Crippen molar-refractivity contribution >= 4 is 16.7 Å². The van der Waals surface area contributed by atoms with Gasteiger partial charge in [0.1, 0.15) is 17.1 Å². The van der Waals surface area contributed by atoms with Gasteiger partial charge in [0.15, 0.2) is 17.2 Å². The van der Waals surface area contributed by atoms with Crippen molar-refractivity contribution < 1.29 is 22.0 Å². The van der Waals surface area contributed by atoms with Gasteiger partial charge < -0.3 is 0 Å². The molecule has 3 aromatic rings. The predicted octanol–water partition coefficient (Wildman–Crippen LogP) is 4.16. The van der Waals surface area contributed by atoms with E-state index >= 15 is 0 Å². The number of aromatic nitrogens is 3. The Morgan fingerprint density at radius 3 is 2.41 bits per heavy atom. The first kappa shape index (κ1) is 17.4. The fourth-order valence-electron chi connectivity index (χ4n) is 2.94. The summed E-state index contributed by atoms with van der Waals surface area (Å²) in [7, 11) is 0. The normalized spacial score (nSPS) is 17.5. The molecule has 0 bridgehead atoms. The van der Waals surface area contributed by atoms with Crippen molar-refractivity contribution in [2.24, 2.45) is 4.99 Å². The zero-order chi connectivity index (χ0) is 19.6. The van der Waals surface area contributed by atoms with Gasteiger partial charge in [-0.05, 0) is 44.2 Å². The Labute approximate surface area is 149 Å². The minimum Gasteiger partial charge on any atom is -0.268 e. The molecule has 2 heterocycles. The van der Waals surface area contributed by atoms with Crippen molar-refractivity contribution in [2.45, 2.75) is 25.3 Å². The standard InChI is InChI=1S/C18H11F5N4/c1-17(2)18(22,23)10-7-8(19)3-4-9(10)14(25-17)16-24-12-6-5-11(20)13(21)15(12)26-27-16/h3-7H,1-2H3. The third-order valence-corrected chi connectivity index (χ3v) is 4.47. The van der Waals surface area contributed by atoms with Crippen molar-refractivity contribution in [2.75, 3.05) is 0 Å². The van der Waals surface area contributed by atoms with Crippen molar-refractivity contribution in [1.82, 2.24) is 15.2 Å². The van der Waals surface area contributed by atoms with Crippen LogP contribution in [0.5, 0.6) is 0 Å². The number of aliphatic imine (C=N–C) groups is 1. The number of benzene rings is 2. The van der Waals surface area contributed by atoms with E-state index < -0.39 is 34.5 Å². The van der Waals surface area contributed by atoms with Gasteiger partial charge >= 0.3 is 0 Å². The second-order valence-corrected chi connectivity index (χ2v) is 6.65. The molecule has 0 radical (unpaired) electrons. The van der Waals surface area contributed by atoms with Gasteiger partial charge in [0.25, 0.3) is 5.92 Å². The SMILES string of the molecule is CC1(C)N=C(c2nnc3c(F)c(F)ccc3n2)c2ccc(F)cc2C1(F)F. The van der Waals surface area contributed by atoms with Crippen LogP contribution in [0.2, 0.25) is 0 Å². The quantitative estimate of drug-likeness (QED) is 0.598. The molecular formula is C18H11F5N4. The predicted molar refractivity (Wildman–Crippen MR) is 87.3 cm³/mol. The van der Waals surface area contributed by atoms with Gasteiger partial charge in [-0.25, -0.2) is 18.2 Å². The Kier molecular flexibility index (Phi) is 3.56. The zero-order valence-electron chi connectivity index (χ0n) is 14.1. The lowest BCUT2D eigenvalue weighted by Gasteiger charge is -2.36. The van der Waals surface area contributed by atoms with Crippen LogP contribution < -0.4 is 0 Å². The molecule has 0 amide bonds. The zero-order valence-corrected chi connectivity index (χ0v) is 14.1. The molecule has 0 fully saturated rings. The van der Waals surface area contributed by atoms with Gasteiger partial charge in [-0.1, -0.05) is 0 Å². The van der Waals surface area contributed by atoms with Gasteiger partial charge in [0.2, 0.25) is 5.82 Å². The lowest BCUT2D eigenvalue weighted by Crippen LogP contribution is -2.44. The van der Waals surface area contributed by atoms with Gasteiger partial charge in [0.05, 0.1) is 5.52 Å². The summed E-state index contributed by atoms with van der Waals surface area (Å²) >= 11 is 0. The van der Waals surface area contributed by atoms with Crippen LogP contribution in [0.15, 0.2) is 35.3 Å². The van der Waals surface area contributed by atoms with Crippen LogP contribution in [0.1, 0.15) is 30.8 Å². The summed E-state index contributed by atoms with van der Waals surface area (Å²) in [5.41, 5.74) is -2.94. The second kappa shape index (κ2) is 5.51. The van der Waals surface area contributed by atoms with Crippen molar-refractivity contribution in [3.8, 4) is 0 Å². The van der Waals surface area contributed by atoms with E-state index in [0.717, 1.165) is 24.3 Å². The average molecular weight is 378 g/mol.